The zero-order valence-corrected chi connectivity index (χ0v) is 12.0. The summed E-state index contributed by atoms with van der Waals surface area (Å²) in [5.74, 6) is -1.18. The highest BCUT2D eigenvalue weighted by atomic mass is 16.5. The van der Waals surface area contributed by atoms with Crippen LogP contribution in [0.25, 0.3) is 6.08 Å². The highest BCUT2D eigenvalue weighted by Crippen LogP contribution is 2.14. The Kier molecular flexibility index (Phi) is 5.11. The number of rotatable bonds is 5. The number of hydrogen-bond acceptors (Lipinski definition) is 3. The first-order valence-electron chi connectivity index (χ1n) is 6.97. The van der Waals surface area contributed by atoms with Crippen molar-refractivity contribution >= 4 is 18.0 Å². The van der Waals surface area contributed by atoms with E-state index in [4.69, 9.17) is 9.84 Å². The van der Waals surface area contributed by atoms with Crippen molar-refractivity contribution in [2.45, 2.75) is 25.9 Å². The molecule has 1 unspecified atom stereocenters. The van der Waals surface area contributed by atoms with E-state index in [9.17, 15) is 9.59 Å². The molecule has 1 amide bonds. The van der Waals surface area contributed by atoms with Gasteiger partial charge in [-0.2, -0.15) is 0 Å². The second kappa shape index (κ2) is 7.04. The van der Waals surface area contributed by atoms with Crippen LogP contribution in [0, 0.1) is 6.92 Å². The van der Waals surface area contributed by atoms with Gasteiger partial charge in [0.1, 0.15) is 0 Å². The Morgan fingerprint density at radius 1 is 1.48 bits per heavy atom. The number of hydrogen-bond donors (Lipinski definition) is 2. The maximum absolute atomic E-state index is 12.1. The van der Waals surface area contributed by atoms with Crippen LogP contribution < -0.4 is 5.32 Å². The maximum Gasteiger partial charge on any atom is 0.328 e. The molecule has 0 bridgehead atoms. The highest BCUT2D eigenvalue weighted by molar-refractivity contribution is 5.95. The Balaban J connectivity index is 2.03. The van der Waals surface area contributed by atoms with Crippen LogP contribution in [0.15, 0.2) is 24.3 Å². The molecule has 2 N–H and O–H groups in total. The maximum atomic E-state index is 12.1. The number of carboxylic acid groups (broad SMARTS) is 1. The molecule has 1 atom stereocenters. The van der Waals surface area contributed by atoms with Crippen molar-refractivity contribution in [2.24, 2.45) is 0 Å². The van der Waals surface area contributed by atoms with Crippen molar-refractivity contribution in [1.82, 2.24) is 5.32 Å². The summed E-state index contributed by atoms with van der Waals surface area (Å²) >= 11 is 0. The molecule has 1 heterocycles. The molecule has 2 rings (SSSR count). The average Bonchev–Trinajstić information content (AvgIpc) is 2.97. The van der Waals surface area contributed by atoms with Crippen LogP contribution in [-0.4, -0.2) is 36.2 Å². The molecule has 0 spiro atoms. The summed E-state index contributed by atoms with van der Waals surface area (Å²) in [4.78, 5) is 22.7. The molecule has 5 heteroatoms. The summed E-state index contributed by atoms with van der Waals surface area (Å²) in [5, 5.41) is 11.5. The third kappa shape index (κ3) is 4.43. The van der Waals surface area contributed by atoms with Crippen molar-refractivity contribution < 1.29 is 19.4 Å². The Bertz CT molecular complexity index is 559. The summed E-state index contributed by atoms with van der Waals surface area (Å²) < 4.78 is 5.46. The van der Waals surface area contributed by atoms with Crippen LogP contribution in [-0.2, 0) is 9.53 Å². The van der Waals surface area contributed by atoms with E-state index < -0.39 is 5.97 Å². The highest BCUT2D eigenvalue weighted by Gasteiger charge is 2.16. The van der Waals surface area contributed by atoms with E-state index in [-0.39, 0.29) is 12.0 Å². The molecule has 0 aromatic heterocycles. The minimum atomic E-state index is -1.01. The van der Waals surface area contributed by atoms with Crippen molar-refractivity contribution in [3.05, 3.63) is 41.0 Å². The Labute approximate surface area is 123 Å². The molecule has 1 aliphatic heterocycles. The van der Waals surface area contributed by atoms with Crippen LogP contribution in [0.3, 0.4) is 0 Å². The zero-order chi connectivity index (χ0) is 15.2. The molecular formula is C16H19NO4. The van der Waals surface area contributed by atoms with Gasteiger partial charge in [-0.1, -0.05) is 6.07 Å². The quantitative estimate of drug-likeness (QED) is 0.813. The van der Waals surface area contributed by atoms with Gasteiger partial charge in [0.2, 0.25) is 0 Å². The summed E-state index contributed by atoms with van der Waals surface area (Å²) in [7, 11) is 0. The monoisotopic (exact) mass is 289 g/mol. The third-order valence-electron chi connectivity index (χ3n) is 3.46. The SMILES string of the molecule is Cc1ccc(C(=O)NCC2CCCO2)cc1/C=C/C(=O)O. The average molecular weight is 289 g/mol. The molecule has 1 aliphatic rings. The molecule has 5 nitrogen and oxygen atoms in total. The summed E-state index contributed by atoms with van der Waals surface area (Å²) in [6.07, 6.45) is 4.67. The summed E-state index contributed by atoms with van der Waals surface area (Å²) in [6.45, 7) is 3.14. The summed E-state index contributed by atoms with van der Waals surface area (Å²) in [6, 6.07) is 5.24. The molecule has 1 aromatic rings. The van der Waals surface area contributed by atoms with Gasteiger partial charge in [0.05, 0.1) is 6.10 Å². The van der Waals surface area contributed by atoms with Gasteiger partial charge < -0.3 is 15.2 Å². The third-order valence-corrected chi connectivity index (χ3v) is 3.46. The van der Waals surface area contributed by atoms with Crippen LogP contribution in [0.4, 0.5) is 0 Å². The van der Waals surface area contributed by atoms with E-state index in [1.807, 2.05) is 13.0 Å². The van der Waals surface area contributed by atoms with Crippen molar-refractivity contribution in [3.8, 4) is 0 Å². The summed E-state index contributed by atoms with van der Waals surface area (Å²) in [5.41, 5.74) is 2.16. The van der Waals surface area contributed by atoms with Gasteiger partial charge in [-0.05, 0) is 49.1 Å². The van der Waals surface area contributed by atoms with Gasteiger partial charge in [0.25, 0.3) is 5.91 Å². The number of carbonyl (C=O) groups is 2. The fourth-order valence-corrected chi connectivity index (χ4v) is 2.24. The lowest BCUT2D eigenvalue weighted by Gasteiger charge is -2.11. The fraction of sp³-hybridized carbons (Fsp3) is 0.375. The second-order valence-electron chi connectivity index (χ2n) is 5.09. The predicted molar refractivity (Wildman–Crippen MR) is 79.2 cm³/mol. The van der Waals surface area contributed by atoms with Crippen molar-refractivity contribution in [2.75, 3.05) is 13.2 Å². The first kappa shape index (κ1) is 15.3. The Hall–Kier alpha value is -2.14. The molecule has 0 radical (unpaired) electrons. The topological polar surface area (TPSA) is 75.6 Å². The molecular weight excluding hydrogens is 270 g/mol. The standard InChI is InChI=1S/C16H19NO4/c1-11-4-5-13(9-12(11)6-7-15(18)19)16(20)17-10-14-3-2-8-21-14/h4-7,9,14H,2-3,8,10H2,1H3,(H,17,20)(H,18,19)/b7-6+. The second-order valence-corrected chi connectivity index (χ2v) is 5.09. The number of amides is 1. The largest absolute Gasteiger partial charge is 0.478 e. The first-order chi connectivity index (χ1) is 10.1. The van der Waals surface area contributed by atoms with Crippen molar-refractivity contribution in [1.29, 1.82) is 0 Å². The van der Waals surface area contributed by atoms with Gasteiger partial charge in [-0.3, -0.25) is 4.79 Å². The molecule has 112 valence electrons. The van der Waals surface area contributed by atoms with E-state index >= 15 is 0 Å². The fourth-order valence-electron chi connectivity index (χ4n) is 2.24. The Morgan fingerprint density at radius 3 is 2.95 bits per heavy atom. The predicted octanol–water partition coefficient (Wildman–Crippen LogP) is 2.00. The molecule has 21 heavy (non-hydrogen) atoms. The lowest BCUT2D eigenvalue weighted by molar-refractivity contribution is -0.131. The van der Waals surface area contributed by atoms with E-state index in [1.165, 1.54) is 6.08 Å². The zero-order valence-electron chi connectivity index (χ0n) is 12.0. The minimum absolute atomic E-state index is 0.103. The van der Waals surface area contributed by atoms with Crippen LogP contribution in [0.1, 0.15) is 34.3 Å². The minimum Gasteiger partial charge on any atom is -0.478 e. The van der Waals surface area contributed by atoms with Gasteiger partial charge in [-0.25, -0.2) is 4.79 Å². The van der Waals surface area contributed by atoms with Gasteiger partial charge in [0, 0.05) is 24.8 Å². The van der Waals surface area contributed by atoms with Gasteiger partial charge >= 0.3 is 5.97 Å². The number of benzene rings is 1. The van der Waals surface area contributed by atoms with Crippen molar-refractivity contribution in [3.63, 3.8) is 0 Å². The van der Waals surface area contributed by atoms with Crippen LogP contribution in [0.5, 0.6) is 0 Å². The normalized spacial score (nSPS) is 18.0. The first-order valence-corrected chi connectivity index (χ1v) is 6.97. The number of carbonyl (C=O) groups excluding carboxylic acids is 1. The smallest absolute Gasteiger partial charge is 0.328 e. The van der Waals surface area contributed by atoms with E-state index in [1.54, 1.807) is 12.1 Å². The van der Waals surface area contributed by atoms with Crippen LogP contribution >= 0.6 is 0 Å². The molecule has 0 saturated carbocycles. The number of carboxylic acids is 1. The lowest BCUT2D eigenvalue weighted by Crippen LogP contribution is -2.31. The number of aryl methyl sites for hydroxylation is 1. The van der Waals surface area contributed by atoms with E-state index in [2.05, 4.69) is 5.32 Å². The molecule has 1 saturated heterocycles. The molecule has 0 aliphatic carbocycles. The number of nitrogens with one attached hydrogen (secondary N) is 1. The van der Waals surface area contributed by atoms with Crippen LogP contribution in [0.2, 0.25) is 0 Å². The number of ether oxygens (including phenoxy) is 1. The van der Waals surface area contributed by atoms with E-state index in [0.717, 1.165) is 36.7 Å². The van der Waals surface area contributed by atoms with Gasteiger partial charge in [0.15, 0.2) is 0 Å². The molecule has 1 fully saturated rings. The molecule has 1 aromatic carbocycles. The lowest BCUT2D eigenvalue weighted by atomic mass is 10.0. The number of aliphatic carboxylic acids is 1. The van der Waals surface area contributed by atoms with E-state index in [0.29, 0.717) is 12.1 Å². The van der Waals surface area contributed by atoms with Gasteiger partial charge in [-0.15, -0.1) is 0 Å². The Morgan fingerprint density at radius 2 is 2.29 bits per heavy atom.